The van der Waals surface area contributed by atoms with E-state index < -0.39 is 16.1 Å². The predicted molar refractivity (Wildman–Crippen MR) is 93.6 cm³/mol. The van der Waals surface area contributed by atoms with Crippen molar-refractivity contribution in [3.63, 3.8) is 0 Å². The Morgan fingerprint density at radius 3 is 2.60 bits per heavy atom. The Morgan fingerprint density at radius 2 is 1.96 bits per heavy atom. The fraction of sp³-hybridized carbons (Fsp3) is 0.750. The Bertz CT molecular complexity index is 773. The summed E-state index contributed by atoms with van der Waals surface area (Å²) in [7, 11) is -2.10. The van der Waals surface area contributed by atoms with Gasteiger partial charge in [-0.3, -0.25) is 9.48 Å². The van der Waals surface area contributed by atoms with Crippen LogP contribution in [0.2, 0.25) is 0 Å². The second-order valence-corrected chi connectivity index (χ2v) is 8.83. The molecule has 1 aromatic heterocycles. The summed E-state index contributed by atoms with van der Waals surface area (Å²) in [4.78, 5) is 14.7. The molecule has 2 aliphatic heterocycles. The van der Waals surface area contributed by atoms with Gasteiger partial charge in [-0.25, -0.2) is 8.42 Å². The van der Waals surface area contributed by atoms with Gasteiger partial charge in [0, 0.05) is 32.2 Å². The van der Waals surface area contributed by atoms with Crippen molar-refractivity contribution >= 4 is 15.9 Å². The van der Waals surface area contributed by atoms with Crippen molar-refractivity contribution in [3.8, 4) is 0 Å². The predicted octanol–water partition coefficient (Wildman–Crippen LogP) is 0.0566. The number of carbonyl (C=O) groups excluding carboxylic acids is 1. The lowest BCUT2D eigenvalue weighted by Crippen LogP contribution is -2.49. The van der Waals surface area contributed by atoms with Gasteiger partial charge >= 0.3 is 0 Å². The van der Waals surface area contributed by atoms with Gasteiger partial charge in [0.25, 0.3) is 0 Å². The molecule has 2 saturated heterocycles. The van der Waals surface area contributed by atoms with Crippen molar-refractivity contribution in [2.75, 3.05) is 13.1 Å². The van der Waals surface area contributed by atoms with E-state index in [1.54, 1.807) is 32.7 Å². The van der Waals surface area contributed by atoms with E-state index in [4.69, 9.17) is 0 Å². The van der Waals surface area contributed by atoms with Crippen LogP contribution in [0, 0.1) is 13.8 Å². The second-order valence-electron chi connectivity index (χ2n) is 7.18. The molecule has 3 unspecified atom stereocenters. The normalized spacial score (nSPS) is 25.0. The van der Waals surface area contributed by atoms with Crippen molar-refractivity contribution in [1.82, 2.24) is 24.7 Å². The fourth-order valence-corrected chi connectivity index (χ4v) is 5.54. The first-order chi connectivity index (χ1) is 11.7. The zero-order valence-corrected chi connectivity index (χ0v) is 16.1. The van der Waals surface area contributed by atoms with E-state index in [-0.39, 0.29) is 10.8 Å². The molecule has 9 heteroatoms. The smallest absolute Gasteiger partial charge is 0.244 e. The molecule has 2 bridgehead atoms. The molecule has 2 N–H and O–H groups in total. The molecule has 3 heterocycles. The maximum absolute atomic E-state index is 12.8. The summed E-state index contributed by atoms with van der Waals surface area (Å²) in [5.74, 6) is -0.169. The molecule has 3 atom stereocenters. The van der Waals surface area contributed by atoms with Gasteiger partial charge in [-0.15, -0.1) is 0 Å². The number of sulfonamides is 1. The van der Waals surface area contributed by atoms with E-state index in [0.29, 0.717) is 36.6 Å². The van der Waals surface area contributed by atoms with Gasteiger partial charge in [0.2, 0.25) is 15.9 Å². The minimum atomic E-state index is -3.80. The summed E-state index contributed by atoms with van der Waals surface area (Å²) in [5, 5.41) is 7.68. The summed E-state index contributed by atoms with van der Waals surface area (Å²) in [5.41, 5.74) is 0.990. The summed E-state index contributed by atoms with van der Waals surface area (Å²) in [6, 6.07) is -0.000748. The van der Waals surface area contributed by atoms with Gasteiger partial charge < -0.3 is 10.2 Å². The topological polar surface area (TPSA) is 96.3 Å². The van der Waals surface area contributed by atoms with Crippen LogP contribution in [0.5, 0.6) is 0 Å². The van der Waals surface area contributed by atoms with E-state index in [0.717, 1.165) is 19.3 Å². The number of aromatic nitrogens is 2. The number of nitrogens with one attached hydrogen (secondary N) is 2. The number of rotatable bonds is 4. The molecule has 1 amide bonds. The van der Waals surface area contributed by atoms with Crippen LogP contribution in [0.15, 0.2) is 4.90 Å². The maximum atomic E-state index is 12.8. The molecule has 1 aromatic rings. The Balaban J connectivity index is 1.72. The summed E-state index contributed by atoms with van der Waals surface area (Å²) in [6.07, 6.45) is 3.15. The number of likely N-dealkylation sites (tertiary alicyclic amines) is 1. The van der Waals surface area contributed by atoms with Crippen LogP contribution < -0.4 is 10.0 Å². The highest BCUT2D eigenvalue weighted by atomic mass is 32.2. The maximum Gasteiger partial charge on any atom is 0.244 e. The van der Waals surface area contributed by atoms with Crippen LogP contribution in [0.1, 0.15) is 37.6 Å². The number of hydrogen-bond donors (Lipinski definition) is 2. The molecule has 140 valence electrons. The first-order valence-corrected chi connectivity index (χ1v) is 10.2. The SMILES string of the molecule is Cc1nn(C)c(C)c1S(=O)(=O)NC(C)C(=O)N1CCC2CCC(C1)N2. The quantitative estimate of drug-likeness (QED) is 0.782. The number of hydrogen-bond acceptors (Lipinski definition) is 5. The van der Waals surface area contributed by atoms with Crippen molar-refractivity contribution in [1.29, 1.82) is 0 Å². The molecule has 0 aromatic carbocycles. The average Bonchev–Trinajstić information content (AvgIpc) is 2.97. The Morgan fingerprint density at radius 1 is 1.28 bits per heavy atom. The van der Waals surface area contributed by atoms with E-state index in [9.17, 15) is 13.2 Å². The van der Waals surface area contributed by atoms with Gasteiger partial charge in [-0.2, -0.15) is 9.82 Å². The van der Waals surface area contributed by atoms with Crippen LogP contribution >= 0.6 is 0 Å². The molecule has 8 nitrogen and oxygen atoms in total. The van der Waals surface area contributed by atoms with E-state index in [1.165, 1.54) is 4.68 Å². The Hall–Kier alpha value is -1.45. The molecule has 0 aliphatic carbocycles. The van der Waals surface area contributed by atoms with Crippen molar-refractivity contribution in [2.45, 2.75) is 63.1 Å². The van der Waals surface area contributed by atoms with Crippen LogP contribution in [-0.4, -0.2) is 60.2 Å². The van der Waals surface area contributed by atoms with Gasteiger partial charge in [0.15, 0.2) is 0 Å². The molecule has 3 rings (SSSR count). The lowest BCUT2D eigenvalue weighted by atomic mass is 10.1. The number of carbonyl (C=O) groups is 1. The third-order valence-corrected chi connectivity index (χ3v) is 7.04. The molecule has 0 radical (unpaired) electrons. The molecule has 0 saturated carbocycles. The van der Waals surface area contributed by atoms with E-state index in [2.05, 4.69) is 15.1 Å². The highest BCUT2D eigenvalue weighted by molar-refractivity contribution is 7.89. The van der Waals surface area contributed by atoms with Gasteiger partial charge in [0.05, 0.1) is 17.4 Å². The highest BCUT2D eigenvalue weighted by Gasteiger charge is 2.34. The molecule has 2 fully saturated rings. The zero-order valence-electron chi connectivity index (χ0n) is 15.2. The van der Waals surface area contributed by atoms with Crippen molar-refractivity contribution in [2.24, 2.45) is 7.05 Å². The van der Waals surface area contributed by atoms with Gasteiger partial charge in [-0.1, -0.05) is 0 Å². The zero-order chi connectivity index (χ0) is 18.4. The lowest BCUT2D eigenvalue weighted by molar-refractivity contribution is -0.132. The fourth-order valence-electron chi connectivity index (χ4n) is 3.90. The highest BCUT2D eigenvalue weighted by Crippen LogP contribution is 2.22. The van der Waals surface area contributed by atoms with Crippen molar-refractivity contribution in [3.05, 3.63) is 11.4 Å². The van der Waals surface area contributed by atoms with Crippen LogP contribution in [0.3, 0.4) is 0 Å². The largest absolute Gasteiger partial charge is 0.340 e. The third-order valence-electron chi connectivity index (χ3n) is 5.25. The Labute approximate surface area is 149 Å². The second kappa shape index (κ2) is 6.69. The summed E-state index contributed by atoms with van der Waals surface area (Å²) < 4.78 is 29.5. The number of aryl methyl sites for hydroxylation is 2. The third kappa shape index (κ3) is 3.58. The lowest BCUT2D eigenvalue weighted by Gasteiger charge is -2.27. The Kier molecular flexibility index (Phi) is 4.91. The van der Waals surface area contributed by atoms with E-state index >= 15 is 0 Å². The average molecular weight is 369 g/mol. The summed E-state index contributed by atoms with van der Waals surface area (Å²) >= 11 is 0. The first-order valence-electron chi connectivity index (χ1n) is 8.76. The van der Waals surface area contributed by atoms with Crippen LogP contribution in [0.4, 0.5) is 0 Å². The summed E-state index contributed by atoms with van der Waals surface area (Å²) in [6.45, 7) is 6.29. The molecular weight excluding hydrogens is 342 g/mol. The number of amides is 1. The molecular formula is C16H27N5O3S. The van der Waals surface area contributed by atoms with Crippen LogP contribution in [-0.2, 0) is 21.9 Å². The molecule has 25 heavy (non-hydrogen) atoms. The van der Waals surface area contributed by atoms with Crippen LogP contribution in [0.25, 0.3) is 0 Å². The molecule has 0 spiro atoms. The number of nitrogens with zero attached hydrogens (tertiary/aromatic N) is 3. The first kappa shape index (κ1) is 18.3. The minimum absolute atomic E-state index is 0.159. The standard InChI is InChI=1S/C16H27N5O3S/c1-10-15(12(3)20(4)18-10)25(23,24)19-11(2)16(22)21-8-7-13-5-6-14(9-21)17-13/h11,13-14,17,19H,5-9H2,1-4H3. The monoisotopic (exact) mass is 369 g/mol. The van der Waals surface area contributed by atoms with E-state index in [1.807, 2.05) is 0 Å². The van der Waals surface area contributed by atoms with Gasteiger partial charge in [-0.05, 0) is 40.0 Å². The van der Waals surface area contributed by atoms with Gasteiger partial charge in [0.1, 0.15) is 4.90 Å². The van der Waals surface area contributed by atoms with Crippen molar-refractivity contribution < 1.29 is 13.2 Å². The minimum Gasteiger partial charge on any atom is -0.340 e. The number of fused-ring (bicyclic) bond motifs is 2. The molecule has 2 aliphatic rings.